The Balaban J connectivity index is 0.000000222. The van der Waals surface area contributed by atoms with Gasteiger partial charge in [-0.25, -0.2) is 0 Å². The smallest absolute Gasteiger partial charge is 0.00489 e. The average Bonchev–Trinajstić information content (AvgIpc) is 1.96. The third-order valence-electron chi connectivity index (χ3n) is 1.21. The quantitative estimate of drug-likeness (QED) is 0.460. The van der Waals surface area contributed by atoms with Crippen molar-refractivity contribution in [3.05, 3.63) is 0 Å². The second-order valence-corrected chi connectivity index (χ2v) is 1.81. The van der Waals surface area contributed by atoms with E-state index >= 15 is 0 Å². The molecule has 0 aliphatic carbocycles. The van der Waals surface area contributed by atoms with Crippen LogP contribution in [-0.4, -0.2) is 13.1 Å². The van der Waals surface area contributed by atoms with Crippen LogP contribution in [0.2, 0.25) is 0 Å². The lowest BCUT2D eigenvalue weighted by atomic mass is 10.2. The largest absolute Gasteiger partial charge is 0.317 e. The van der Waals surface area contributed by atoms with E-state index < -0.39 is 0 Å². The van der Waals surface area contributed by atoms with Crippen LogP contribution in [0.5, 0.6) is 0 Å². The lowest BCUT2D eigenvalue weighted by molar-refractivity contribution is 0.520. The van der Waals surface area contributed by atoms with E-state index in [1.54, 1.807) is 0 Å². The van der Waals surface area contributed by atoms with Crippen molar-refractivity contribution in [2.24, 2.45) is 0 Å². The number of terminal acetylenes is 1. The standard InChI is InChI=1S/C5H11N.C2H2/c1-2-4-6-5-3-1;1-2/h6H,1-5H2;1-2H. The molecule has 0 unspecified atom stereocenters. The fourth-order valence-corrected chi connectivity index (χ4v) is 0.802. The van der Waals surface area contributed by atoms with E-state index in [1.165, 1.54) is 32.4 Å². The Hall–Kier alpha value is -0.480. The first kappa shape index (κ1) is 7.52. The molecule has 1 heterocycles. The van der Waals surface area contributed by atoms with E-state index in [-0.39, 0.29) is 0 Å². The van der Waals surface area contributed by atoms with E-state index in [4.69, 9.17) is 0 Å². The molecule has 0 aromatic carbocycles. The molecule has 1 rings (SSSR count). The molecule has 1 fully saturated rings. The molecule has 46 valence electrons. The van der Waals surface area contributed by atoms with Gasteiger partial charge in [0.2, 0.25) is 0 Å². The monoisotopic (exact) mass is 111 g/mol. The van der Waals surface area contributed by atoms with Crippen LogP contribution < -0.4 is 5.32 Å². The van der Waals surface area contributed by atoms with Gasteiger partial charge in [0.1, 0.15) is 0 Å². The molecule has 0 aromatic rings. The maximum Gasteiger partial charge on any atom is -0.00489 e. The van der Waals surface area contributed by atoms with Crippen LogP contribution in [0.4, 0.5) is 0 Å². The zero-order chi connectivity index (χ0) is 6.24. The number of rotatable bonds is 0. The molecule has 1 N–H and O–H groups in total. The average molecular weight is 111 g/mol. The molecule has 1 nitrogen and oxygen atoms in total. The Morgan fingerprint density at radius 3 is 1.50 bits per heavy atom. The van der Waals surface area contributed by atoms with Gasteiger partial charge in [-0.3, -0.25) is 0 Å². The molecule has 0 spiro atoms. The SMILES string of the molecule is C#C.C1CCNCC1. The van der Waals surface area contributed by atoms with Crippen LogP contribution in [0.15, 0.2) is 0 Å². The van der Waals surface area contributed by atoms with Crippen LogP contribution in [0, 0.1) is 12.8 Å². The van der Waals surface area contributed by atoms with E-state index in [2.05, 4.69) is 18.2 Å². The van der Waals surface area contributed by atoms with E-state index in [0.29, 0.717) is 0 Å². The van der Waals surface area contributed by atoms with Gasteiger partial charge in [-0.2, -0.15) is 0 Å². The molecule has 1 aliphatic rings. The first-order valence-corrected chi connectivity index (χ1v) is 3.04. The Kier molecular flexibility index (Phi) is 6.13. The second kappa shape index (κ2) is 6.52. The molecule has 0 saturated carbocycles. The summed E-state index contributed by atoms with van der Waals surface area (Å²) in [5, 5.41) is 3.28. The topological polar surface area (TPSA) is 12.0 Å². The van der Waals surface area contributed by atoms with Gasteiger partial charge >= 0.3 is 0 Å². The van der Waals surface area contributed by atoms with Crippen LogP contribution in [-0.2, 0) is 0 Å². The molecular weight excluding hydrogens is 98.1 g/mol. The van der Waals surface area contributed by atoms with Gasteiger partial charge in [0.25, 0.3) is 0 Å². The summed E-state index contributed by atoms with van der Waals surface area (Å²) in [4.78, 5) is 0. The molecule has 0 radical (unpaired) electrons. The summed E-state index contributed by atoms with van der Waals surface area (Å²) < 4.78 is 0. The number of hydrogen-bond acceptors (Lipinski definition) is 1. The minimum absolute atomic E-state index is 1.25. The van der Waals surface area contributed by atoms with Crippen molar-refractivity contribution >= 4 is 0 Å². The predicted octanol–water partition coefficient (Wildman–Crippen LogP) is 1.01. The van der Waals surface area contributed by atoms with Crippen LogP contribution in [0.1, 0.15) is 19.3 Å². The third-order valence-corrected chi connectivity index (χ3v) is 1.21. The Morgan fingerprint density at radius 2 is 1.38 bits per heavy atom. The maximum absolute atomic E-state index is 4.00. The number of nitrogens with one attached hydrogen (secondary N) is 1. The lowest BCUT2D eigenvalue weighted by Gasteiger charge is -2.08. The molecule has 0 aromatic heterocycles. The molecule has 0 atom stereocenters. The van der Waals surface area contributed by atoms with E-state index in [0.717, 1.165) is 0 Å². The molecule has 0 bridgehead atoms. The summed E-state index contributed by atoms with van der Waals surface area (Å²) in [6.07, 6.45) is 12.2. The first-order valence-electron chi connectivity index (χ1n) is 3.04. The number of hydrogen-bond donors (Lipinski definition) is 1. The highest BCUT2D eigenvalue weighted by Crippen LogP contribution is 1.96. The number of piperidine rings is 1. The lowest BCUT2D eigenvalue weighted by Crippen LogP contribution is -2.21. The zero-order valence-corrected chi connectivity index (χ0v) is 5.19. The fraction of sp³-hybridized carbons (Fsp3) is 0.714. The maximum atomic E-state index is 4.00. The van der Waals surface area contributed by atoms with Crippen molar-refractivity contribution in [3.63, 3.8) is 0 Å². The summed E-state index contributed by atoms with van der Waals surface area (Å²) in [5.74, 6) is 0. The second-order valence-electron chi connectivity index (χ2n) is 1.81. The van der Waals surface area contributed by atoms with Gasteiger partial charge < -0.3 is 5.32 Å². The van der Waals surface area contributed by atoms with Gasteiger partial charge in [0.15, 0.2) is 0 Å². The summed E-state index contributed by atoms with van der Waals surface area (Å²) in [6, 6.07) is 0. The molecule has 1 heteroatoms. The first-order chi connectivity index (χ1) is 4.00. The van der Waals surface area contributed by atoms with Crippen molar-refractivity contribution in [1.82, 2.24) is 5.32 Å². The minimum Gasteiger partial charge on any atom is -0.317 e. The molecular formula is C7H13N. The van der Waals surface area contributed by atoms with Crippen LogP contribution in [0.25, 0.3) is 0 Å². The van der Waals surface area contributed by atoms with Gasteiger partial charge in [0.05, 0.1) is 0 Å². The van der Waals surface area contributed by atoms with Crippen molar-refractivity contribution in [2.45, 2.75) is 19.3 Å². The summed E-state index contributed by atoms with van der Waals surface area (Å²) in [7, 11) is 0. The fourth-order valence-electron chi connectivity index (χ4n) is 0.802. The molecule has 8 heavy (non-hydrogen) atoms. The van der Waals surface area contributed by atoms with Gasteiger partial charge in [0, 0.05) is 0 Å². The Labute approximate surface area is 51.5 Å². The third kappa shape index (κ3) is 3.70. The summed E-state index contributed by atoms with van der Waals surface area (Å²) in [6.45, 7) is 2.50. The minimum atomic E-state index is 1.25. The van der Waals surface area contributed by atoms with Crippen molar-refractivity contribution < 1.29 is 0 Å². The van der Waals surface area contributed by atoms with E-state index in [1.807, 2.05) is 0 Å². The van der Waals surface area contributed by atoms with E-state index in [9.17, 15) is 0 Å². The predicted molar refractivity (Wildman–Crippen MR) is 36.6 cm³/mol. The zero-order valence-electron chi connectivity index (χ0n) is 5.19. The van der Waals surface area contributed by atoms with Crippen molar-refractivity contribution in [3.8, 4) is 12.8 Å². The van der Waals surface area contributed by atoms with Gasteiger partial charge in [-0.15, -0.1) is 12.8 Å². The van der Waals surface area contributed by atoms with Crippen LogP contribution in [0.3, 0.4) is 0 Å². The molecule has 0 amide bonds. The highest BCUT2D eigenvalue weighted by atomic mass is 14.9. The summed E-state index contributed by atoms with van der Waals surface area (Å²) >= 11 is 0. The highest BCUT2D eigenvalue weighted by molar-refractivity contribution is 4.55. The molecule has 1 saturated heterocycles. The van der Waals surface area contributed by atoms with Crippen molar-refractivity contribution in [2.75, 3.05) is 13.1 Å². The van der Waals surface area contributed by atoms with Gasteiger partial charge in [-0.05, 0) is 25.9 Å². The molecule has 1 aliphatic heterocycles. The van der Waals surface area contributed by atoms with Crippen molar-refractivity contribution in [1.29, 1.82) is 0 Å². The normalized spacial score (nSPS) is 18.2. The van der Waals surface area contributed by atoms with Crippen LogP contribution >= 0.6 is 0 Å². The Bertz CT molecular complexity index is 41.1. The highest BCUT2D eigenvalue weighted by Gasteiger charge is 1.93. The van der Waals surface area contributed by atoms with Gasteiger partial charge in [-0.1, -0.05) is 6.42 Å². The Morgan fingerprint density at radius 1 is 0.875 bits per heavy atom. The summed E-state index contributed by atoms with van der Waals surface area (Å²) in [5.41, 5.74) is 0.